The van der Waals surface area contributed by atoms with Gasteiger partial charge >= 0.3 is 5.97 Å². The van der Waals surface area contributed by atoms with E-state index in [9.17, 15) is 14.7 Å². The quantitative estimate of drug-likeness (QED) is 0.802. The second-order valence-corrected chi connectivity index (χ2v) is 7.79. The van der Waals surface area contributed by atoms with Crippen LogP contribution in [0.5, 0.6) is 0 Å². The minimum Gasteiger partial charge on any atom is -0.477 e. The summed E-state index contributed by atoms with van der Waals surface area (Å²) in [4.78, 5) is 25.2. The second-order valence-electron chi connectivity index (χ2n) is 5.85. The van der Waals surface area contributed by atoms with E-state index in [-0.39, 0.29) is 16.0 Å². The molecule has 2 aliphatic heterocycles. The van der Waals surface area contributed by atoms with Crippen LogP contribution in [0.1, 0.15) is 11.7 Å². The lowest BCUT2D eigenvalue weighted by Gasteiger charge is -2.29. The topological polar surface area (TPSA) is 70.8 Å². The van der Waals surface area contributed by atoms with Crippen molar-refractivity contribution < 1.29 is 19.1 Å². The van der Waals surface area contributed by atoms with Crippen molar-refractivity contribution in [2.45, 2.75) is 17.2 Å². The molecule has 2 aromatic rings. The molecule has 5 nitrogen and oxygen atoms in total. The zero-order valence-corrected chi connectivity index (χ0v) is 15.1. The zero-order chi connectivity index (χ0) is 17.7. The Labute approximate surface area is 157 Å². The van der Waals surface area contributed by atoms with Gasteiger partial charge in [-0.2, -0.15) is 0 Å². The highest BCUT2D eigenvalue weighted by atomic mass is 35.5. The van der Waals surface area contributed by atoms with E-state index in [0.717, 1.165) is 5.56 Å². The van der Waals surface area contributed by atoms with E-state index in [0.29, 0.717) is 22.4 Å². The summed E-state index contributed by atoms with van der Waals surface area (Å²) in [5.41, 5.74) is 0.746. The average molecular weight is 394 g/mol. The molecule has 0 radical (unpaired) electrons. The highest BCUT2D eigenvalue weighted by molar-refractivity contribution is 8.01. The molecule has 1 aromatic carbocycles. The first-order valence-corrected chi connectivity index (χ1v) is 9.36. The number of halogens is 1. The van der Waals surface area contributed by atoms with E-state index in [1.807, 2.05) is 18.2 Å². The van der Waals surface area contributed by atoms with Crippen LogP contribution in [0, 0.1) is 0 Å². The monoisotopic (exact) mass is 393 g/mol. The molecule has 0 aliphatic carbocycles. The van der Waals surface area contributed by atoms with E-state index in [2.05, 4.69) is 0 Å². The van der Waals surface area contributed by atoms with Crippen LogP contribution >= 0.6 is 35.6 Å². The van der Waals surface area contributed by atoms with Gasteiger partial charge in [-0.25, -0.2) is 4.79 Å². The van der Waals surface area contributed by atoms with Crippen LogP contribution < -0.4 is 0 Å². The number of carboxylic acids is 1. The van der Waals surface area contributed by atoms with Crippen LogP contribution in [-0.4, -0.2) is 43.9 Å². The fourth-order valence-electron chi connectivity index (χ4n) is 3.37. The lowest BCUT2D eigenvalue weighted by molar-refractivity contribution is -0.129. The minimum absolute atomic E-state index is 0.0840. The number of amides is 1. The van der Waals surface area contributed by atoms with Gasteiger partial charge in [0.25, 0.3) is 0 Å². The van der Waals surface area contributed by atoms with Crippen molar-refractivity contribution in [3.63, 3.8) is 0 Å². The van der Waals surface area contributed by atoms with Gasteiger partial charge in [-0.15, -0.1) is 11.8 Å². The van der Waals surface area contributed by atoms with Gasteiger partial charge in [-0.3, -0.25) is 4.79 Å². The molecule has 0 spiro atoms. The summed E-state index contributed by atoms with van der Waals surface area (Å²) in [6, 6.07) is 10.2. The molecule has 3 atom stereocenters. The summed E-state index contributed by atoms with van der Waals surface area (Å²) in [7, 11) is 0. The Hall–Kier alpha value is -1.83. The number of thioether (sulfide) groups is 1. The first-order valence-electron chi connectivity index (χ1n) is 7.53. The molecule has 0 saturated carbocycles. The number of carbonyl (C=O) groups excluding carboxylic acids is 1. The van der Waals surface area contributed by atoms with Crippen molar-refractivity contribution >= 4 is 52.3 Å². The summed E-state index contributed by atoms with van der Waals surface area (Å²) in [6.07, 6.45) is 0. The van der Waals surface area contributed by atoms with E-state index in [4.69, 9.17) is 28.2 Å². The van der Waals surface area contributed by atoms with E-state index in [1.54, 1.807) is 18.2 Å². The van der Waals surface area contributed by atoms with Crippen LogP contribution in [-0.2, 0) is 9.59 Å². The summed E-state index contributed by atoms with van der Waals surface area (Å²) < 4.78 is 5.97. The predicted octanol–water partition coefficient (Wildman–Crippen LogP) is 3.42. The summed E-state index contributed by atoms with van der Waals surface area (Å²) in [6.45, 7) is 0. The number of benzene rings is 1. The highest BCUT2D eigenvalue weighted by Gasteiger charge is 2.57. The molecule has 1 N–H and O–H groups in total. The predicted molar refractivity (Wildman–Crippen MR) is 99.0 cm³/mol. The maximum Gasteiger partial charge on any atom is 0.344 e. The molecule has 1 amide bonds. The van der Waals surface area contributed by atoms with Gasteiger partial charge in [0.2, 0.25) is 5.91 Å². The number of fused-ring (bicyclic) bond motifs is 2. The largest absolute Gasteiger partial charge is 0.477 e. The molecule has 128 valence electrons. The number of furan rings is 1. The molecule has 3 heterocycles. The molecule has 1 aromatic heterocycles. The molecular weight excluding hydrogens is 382 g/mol. The van der Waals surface area contributed by atoms with Crippen LogP contribution in [0.15, 0.2) is 40.8 Å². The normalized spacial score (nSPS) is 24.8. The molecule has 2 saturated heterocycles. The highest BCUT2D eigenvalue weighted by Crippen LogP contribution is 2.48. The Morgan fingerprint density at radius 1 is 1.32 bits per heavy atom. The van der Waals surface area contributed by atoms with Gasteiger partial charge in [-0.1, -0.05) is 36.0 Å². The first kappa shape index (κ1) is 16.6. The molecule has 2 aliphatic rings. The lowest BCUT2D eigenvalue weighted by atomic mass is 9.94. The van der Waals surface area contributed by atoms with Gasteiger partial charge in [-0.05, 0) is 24.3 Å². The van der Waals surface area contributed by atoms with Crippen LogP contribution in [0.3, 0.4) is 0 Å². The van der Waals surface area contributed by atoms with Gasteiger partial charge in [0.05, 0.1) is 28.1 Å². The van der Waals surface area contributed by atoms with Crippen molar-refractivity contribution in [2.75, 3.05) is 5.88 Å². The molecule has 2 fully saturated rings. The average Bonchev–Trinajstić information content (AvgIpc) is 3.28. The fraction of sp³-hybridized carbons (Fsp3) is 0.235. The number of aliphatic carboxylic acids is 1. The molecular formula is C17H12ClNO4S2. The zero-order valence-electron chi connectivity index (χ0n) is 12.7. The molecule has 3 unspecified atom stereocenters. The molecule has 8 heteroatoms. The second kappa shape index (κ2) is 6.16. The van der Waals surface area contributed by atoms with E-state index < -0.39 is 17.9 Å². The Morgan fingerprint density at radius 3 is 2.80 bits per heavy atom. The van der Waals surface area contributed by atoms with Gasteiger partial charge in [0.1, 0.15) is 16.4 Å². The third-order valence-electron chi connectivity index (χ3n) is 4.50. The maximum absolute atomic E-state index is 12.4. The van der Waals surface area contributed by atoms with Gasteiger partial charge in [0, 0.05) is 5.56 Å². The van der Waals surface area contributed by atoms with Gasteiger partial charge < -0.3 is 14.4 Å². The Bertz CT molecular complexity index is 896. The van der Waals surface area contributed by atoms with Crippen molar-refractivity contribution in [3.05, 3.63) is 47.2 Å². The number of carboxylic acid groups (broad SMARTS) is 1. The van der Waals surface area contributed by atoms with Crippen molar-refractivity contribution in [2.24, 2.45) is 0 Å². The maximum atomic E-state index is 12.4. The number of rotatable bonds is 4. The molecule has 4 rings (SSSR count). The number of hydrogen-bond acceptors (Lipinski definition) is 5. The van der Waals surface area contributed by atoms with Gasteiger partial charge in [0.15, 0.2) is 0 Å². The number of hydrogen-bond donors (Lipinski definition) is 1. The Morgan fingerprint density at radius 2 is 2.08 bits per heavy atom. The van der Waals surface area contributed by atoms with Crippen molar-refractivity contribution in [3.8, 4) is 11.3 Å². The third-order valence-corrected chi connectivity index (χ3v) is 6.52. The van der Waals surface area contributed by atoms with Crippen LogP contribution in [0.25, 0.3) is 11.3 Å². The van der Waals surface area contributed by atoms with Crippen LogP contribution in [0.2, 0.25) is 5.02 Å². The summed E-state index contributed by atoms with van der Waals surface area (Å²) in [5.74, 6) is -0.0816. The Balaban J connectivity index is 1.73. The fourth-order valence-corrected chi connectivity index (χ4v) is 5.25. The van der Waals surface area contributed by atoms with Crippen molar-refractivity contribution in [1.29, 1.82) is 0 Å². The van der Waals surface area contributed by atoms with E-state index >= 15 is 0 Å². The summed E-state index contributed by atoms with van der Waals surface area (Å²) >= 11 is 12.8. The smallest absolute Gasteiger partial charge is 0.344 e. The SMILES string of the molecule is O=C(O)C(=S)C1C(c2ccc(-c3ccccc3Cl)o2)C2SCN1C2=O. The van der Waals surface area contributed by atoms with Crippen LogP contribution in [0.4, 0.5) is 0 Å². The lowest BCUT2D eigenvalue weighted by Crippen LogP contribution is -2.43. The first-order chi connectivity index (χ1) is 12.0. The summed E-state index contributed by atoms with van der Waals surface area (Å²) in [5, 5.41) is 9.50. The standard InChI is InChI=1S/C17H12ClNO4S2/c18-9-4-2-1-3-8(9)10-5-6-11(23-10)12-13(14(24)17(21)22)19-7-25-15(12)16(19)20/h1-6,12-13,15H,7H2,(H,21,22). The number of thiocarbonyl (C=S) groups is 1. The third kappa shape index (κ3) is 2.58. The number of nitrogens with zero attached hydrogens (tertiary/aromatic N) is 1. The van der Waals surface area contributed by atoms with Crippen molar-refractivity contribution in [1.82, 2.24) is 4.90 Å². The molecule has 2 bridgehead atoms. The number of carbonyl (C=O) groups is 2. The Kier molecular flexibility index (Phi) is 4.10. The van der Waals surface area contributed by atoms with E-state index in [1.165, 1.54) is 16.7 Å². The minimum atomic E-state index is -1.17. The molecule has 25 heavy (non-hydrogen) atoms.